The fourth-order valence-electron chi connectivity index (χ4n) is 2.64. The Morgan fingerprint density at radius 3 is 1.69 bits per heavy atom. The summed E-state index contributed by atoms with van der Waals surface area (Å²) in [5.74, 6) is 1.21. The number of benzene rings is 2. The van der Waals surface area contributed by atoms with Gasteiger partial charge in [-0.05, 0) is 66.3 Å². The third kappa shape index (κ3) is 10.4. The summed E-state index contributed by atoms with van der Waals surface area (Å²) >= 11 is 0. The number of hydrogen-bond donors (Lipinski definition) is 0. The molecule has 0 radical (unpaired) electrons. The molecule has 0 N–H and O–H groups in total. The molecule has 1 heteroatoms. The molecule has 0 unspecified atom stereocenters. The van der Waals surface area contributed by atoms with E-state index < -0.39 is 0 Å². The van der Waals surface area contributed by atoms with Gasteiger partial charge >= 0.3 is 0 Å². The molecule has 0 amide bonds. The second-order valence-electron chi connectivity index (χ2n) is 7.46. The predicted molar refractivity (Wildman–Crippen MR) is 115 cm³/mol. The van der Waals surface area contributed by atoms with Crippen LogP contribution in [0.25, 0.3) is 0 Å². The monoisotopic (exact) mass is 358 g/mol. The maximum absolute atomic E-state index is 13.2. The Bertz CT molecular complexity index is 594. The first-order valence-corrected chi connectivity index (χ1v) is 10.1. The van der Waals surface area contributed by atoms with Crippen LogP contribution in [-0.4, -0.2) is 0 Å². The second kappa shape index (κ2) is 13.6. The zero-order valence-corrected chi connectivity index (χ0v) is 18.2. The molecule has 0 aliphatic carbocycles. The highest BCUT2D eigenvalue weighted by atomic mass is 19.1. The standard InChI is InChI=1S/C12H18.C11H15F.C2H6/c1-4-11-5-7-12(8-6-11)9-10(2)3;1-8(2)6-10-5-4-9(3)7-11(10)12;1-2/h5-8,10H,4,9H2,1-3H3;4-5,7-8H,6H2,1-3H3;1-2H3. The molecular formula is C25H39F. The van der Waals surface area contributed by atoms with E-state index in [-0.39, 0.29) is 5.82 Å². The van der Waals surface area contributed by atoms with E-state index in [1.54, 1.807) is 6.07 Å². The molecule has 0 aliphatic rings. The van der Waals surface area contributed by atoms with Crippen LogP contribution < -0.4 is 0 Å². The topological polar surface area (TPSA) is 0 Å². The summed E-state index contributed by atoms with van der Waals surface area (Å²) in [7, 11) is 0. The van der Waals surface area contributed by atoms with Gasteiger partial charge in [-0.1, -0.05) is 84.9 Å². The smallest absolute Gasteiger partial charge is 0.126 e. The van der Waals surface area contributed by atoms with Gasteiger partial charge in [0.25, 0.3) is 0 Å². The van der Waals surface area contributed by atoms with Gasteiger partial charge in [0, 0.05) is 0 Å². The van der Waals surface area contributed by atoms with Crippen molar-refractivity contribution < 1.29 is 4.39 Å². The zero-order chi connectivity index (χ0) is 20.1. The van der Waals surface area contributed by atoms with Crippen LogP contribution in [0.4, 0.5) is 4.39 Å². The summed E-state index contributed by atoms with van der Waals surface area (Å²) in [6.45, 7) is 16.8. The lowest BCUT2D eigenvalue weighted by molar-refractivity contribution is 0.573. The molecule has 2 aromatic rings. The van der Waals surface area contributed by atoms with Crippen molar-refractivity contribution in [2.24, 2.45) is 11.8 Å². The van der Waals surface area contributed by atoms with Gasteiger partial charge < -0.3 is 0 Å². The first kappa shape index (κ1) is 24.4. The van der Waals surface area contributed by atoms with Crippen molar-refractivity contribution in [2.45, 2.75) is 74.7 Å². The minimum absolute atomic E-state index is 0.0660. The van der Waals surface area contributed by atoms with Crippen molar-refractivity contribution in [1.29, 1.82) is 0 Å². The number of rotatable bonds is 5. The molecule has 0 heterocycles. The Morgan fingerprint density at radius 2 is 1.27 bits per heavy atom. The Kier molecular flexibility index (Phi) is 12.7. The van der Waals surface area contributed by atoms with Crippen LogP contribution >= 0.6 is 0 Å². The van der Waals surface area contributed by atoms with E-state index in [2.05, 4.69) is 58.9 Å². The molecule has 0 aromatic heterocycles. The molecule has 2 rings (SSSR count). The maximum atomic E-state index is 13.2. The molecule has 0 aliphatic heterocycles. The second-order valence-corrected chi connectivity index (χ2v) is 7.46. The van der Waals surface area contributed by atoms with Crippen LogP contribution in [0.15, 0.2) is 42.5 Å². The van der Waals surface area contributed by atoms with Crippen LogP contribution in [0.5, 0.6) is 0 Å². The van der Waals surface area contributed by atoms with Crippen LogP contribution in [0.2, 0.25) is 0 Å². The molecule has 0 saturated heterocycles. The molecule has 0 spiro atoms. The molecule has 0 fully saturated rings. The van der Waals surface area contributed by atoms with E-state index >= 15 is 0 Å². The third-order valence-electron chi connectivity index (χ3n) is 3.91. The Labute approximate surface area is 161 Å². The highest BCUT2D eigenvalue weighted by Crippen LogP contribution is 2.14. The van der Waals surface area contributed by atoms with Crippen molar-refractivity contribution in [3.05, 3.63) is 70.5 Å². The van der Waals surface area contributed by atoms with E-state index in [0.29, 0.717) is 5.92 Å². The van der Waals surface area contributed by atoms with Crippen LogP contribution in [0.3, 0.4) is 0 Å². The van der Waals surface area contributed by atoms with Crippen LogP contribution in [0.1, 0.15) is 70.7 Å². The first-order valence-electron chi connectivity index (χ1n) is 10.1. The van der Waals surface area contributed by atoms with Gasteiger partial charge in [-0.2, -0.15) is 0 Å². The van der Waals surface area contributed by atoms with Crippen molar-refractivity contribution in [3.8, 4) is 0 Å². The summed E-state index contributed by atoms with van der Waals surface area (Å²) in [5.41, 5.74) is 4.71. The van der Waals surface area contributed by atoms with Crippen molar-refractivity contribution in [1.82, 2.24) is 0 Å². The van der Waals surface area contributed by atoms with E-state index in [1.807, 2.05) is 32.9 Å². The largest absolute Gasteiger partial charge is 0.207 e. The quantitative estimate of drug-likeness (QED) is 0.511. The average molecular weight is 359 g/mol. The maximum Gasteiger partial charge on any atom is 0.126 e. The Balaban J connectivity index is 0.000000439. The van der Waals surface area contributed by atoms with E-state index in [1.165, 1.54) is 17.5 Å². The minimum atomic E-state index is -0.0660. The number of hydrogen-bond acceptors (Lipinski definition) is 0. The van der Waals surface area contributed by atoms with Gasteiger partial charge in [-0.25, -0.2) is 4.39 Å². The lowest BCUT2D eigenvalue weighted by Crippen LogP contribution is -1.97. The first-order chi connectivity index (χ1) is 12.3. The van der Waals surface area contributed by atoms with Gasteiger partial charge in [0.05, 0.1) is 0 Å². The zero-order valence-electron chi connectivity index (χ0n) is 18.2. The van der Waals surface area contributed by atoms with Crippen LogP contribution in [0, 0.1) is 24.6 Å². The molecule has 2 aromatic carbocycles. The van der Waals surface area contributed by atoms with E-state index in [9.17, 15) is 4.39 Å². The third-order valence-corrected chi connectivity index (χ3v) is 3.91. The highest BCUT2D eigenvalue weighted by molar-refractivity contribution is 5.24. The van der Waals surface area contributed by atoms with Gasteiger partial charge in [0.1, 0.15) is 5.82 Å². The van der Waals surface area contributed by atoms with E-state index in [0.717, 1.165) is 29.9 Å². The number of halogens is 1. The SMILES string of the molecule is CC.CCc1ccc(CC(C)C)cc1.Cc1ccc(CC(C)C)c(F)c1. The molecular weight excluding hydrogens is 319 g/mol. The molecule has 26 heavy (non-hydrogen) atoms. The van der Waals surface area contributed by atoms with Gasteiger partial charge in [0.15, 0.2) is 0 Å². The fraction of sp³-hybridized carbons (Fsp3) is 0.520. The molecule has 146 valence electrons. The molecule has 0 saturated carbocycles. The summed E-state index contributed by atoms with van der Waals surface area (Å²) < 4.78 is 13.2. The molecule has 0 nitrogen and oxygen atoms in total. The van der Waals surface area contributed by atoms with Gasteiger partial charge in [0.2, 0.25) is 0 Å². The molecule has 0 bridgehead atoms. The minimum Gasteiger partial charge on any atom is -0.207 e. The lowest BCUT2D eigenvalue weighted by atomic mass is 10.0. The van der Waals surface area contributed by atoms with Crippen molar-refractivity contribution >= 4 is 0 Å². The fourth-order valence-corrected chi connectivity index (χ4v) is 2.64. The summed E-state index contributed by atoms with van der Waals surface area (Å²) in [6, 6.07) is 14.4. The predicted octanol–water partition coefficient (Wildman–Crippen LogP) is 7.81. The average Bonchev–Trinajstić information content (AvgIpc) is 2.60. The van der Waals surface area contributed by atoms with Crippen molar-refractivity contribution in [3.63, 3.8) is 0 Å². The number of aryl methyl sites for hydroxylation is 2. The van der Waals surface area contributed by atoms with Crippen LogP contribution in [-0.2, 0) is 19.3 Å². The normalized spacial score (nSPS) is 10.1. The van der Waals surface area contributed by atoms with Crippen molar-refractivity contribution in [2.75, 3.05) is 0 Å². The summed E-state index contributed by atoms with van der Waals surface area (Å²) in [6.07, 6.45) is 3.16. The van der Waals surface area contributed by atoms with E-state index in [4.69, 9.17) is 0 Å². The summed E-state index contributed by atoms with van der Waals surface area (Å²) in [5, 5.41) is 0. The lowest BCUT2D eigenvalue weighted by Gasteiger charge is -2.06. The Hall–Kier alpha value is -1.63. The Morgan fingerprint density at radius 1 is 0.769 bits per heavy atom. The summed E-state index contributed by atoms with van der Waals surface area (Å²) in [4.78, 5) is 0. The van der Waals surface area contributed by atoms with Gasteiger partial charge in [-0.3, -0.25) is 0 Å². The van der Waals surface area contributed by atoms with Gasteiger partial charge in [-0.15, -0.1) is 0 Å². The highest BCUT2D eigenvalue weighted by Gasteiger charge is 2.03. The molecule has 0 atom stereocenters.